The fourth-order valence-electron chi connectivity index (χ4n) is 1.80. The molecule has 0 heterocycles. The Bertz CT molecular complexity index is 493. The lowest BCUT2D eigenvalue weighted by Crippen LogP contribution is -2.04. The Hall–Kier alpha value is -1.45. The molecule has 100 valence electrons. The first kappa shape index (κ1) is 14.0. The maximum absolute atomic E-state index is 5.77. The SMILES string of the molecule is CNCc1ccc(OCc2ccc(SC)cc2)cc1. The van der Waals surface area contributed by atoms with Crippen LogP contribution in [0.15, 0.2) is 53.4 Å². The zero-order valence-electron chi connectivity index (χ0n) is 11.3. The third-order valence-corrected chi connectivity index (χ3v) is 3.61. The molecule has 0 atom stereocenters. The van der Waals surface area contributed by atoms with E-state index in [1.54, 1.807) is 11.8 Å². The van der Waals surface area contributed by atoms with Gasteiger partial charge in [-0.3, -0.25) is 0 Å². The quantitative estimate of drug-likeness (QED) is 0.811. The summed E-state index contributed by atoms with van der Waals surface area (Å²) in [6.45, 7) is 1.50. The van der Waals surface area contributed by atoms with Gasteiger partial charge in [-0.25, -0.2) is 0 Å². The number of benzene rings is 2. The van der Waals surface area contributed by atoms with E-state index in [-0.39, 0.29) is 0 Å². The van der Waals surface area contributed by atoms with Gasteiger partial charge in [0.15, 0.2) is 0 Å². The van der Waals surface area contributed by atoms with E-state index in [0.717, 1.165) is 12.3 Å². The molecular formula is C16H19NOS. The Kier molecular flexibility index (Phi) is 5.31. The molecule has 0 aliphatic rings. The van der Waals surface area contributed by atoms with E-state index in [1.807, 2.05) is 19.2 Å². The predicted molar refractivity (Wildman–Crippen MR) is 81.8 cm³/mol. The van der Waals surface area contributed by atoms with Gasteiger partial charge >= 0.3 is 0 Å². The minimum atomic E-state index is 0.611. The second-order valence-electron chi connectivity index (χ2n) is 4.31. The van der Waals surface area contributed by atoms with Gasteiger partial charge in [0.25, 0.3) is 0 Å². The van der Waals surface area contributed by atoms with Crippen molar-refractivity contribution in [3.63, 3.8) is 0 Å². The van der Waals surface area contributed by atoms with Crippen molar-refractivity contribution in [2.75, 3.05) is 13.3 Å². The largest absolute Gasteiger partial charge is 0.489 e. The van der Waals surface area contributed by atoms with Gasteiger partial charge in [-0.1, -0.05) is 24.3 Å². The molecule has 2 rings (SSSR count). The van der Waals surface area contributed by atoms with Gasteiger partial charge in [-0.2, -0.15) is 0 Å². The highest BCUT2D eigenvalue weighted by atomic mass is 32.2. The lowest BCUT2D eigenvalue weighted by Gasteiger charge is -2.08. The van der Waals surface area contributed by atoms with Crippen LogP contribution in [0.5, 0.6) is 5.75 Å². The molecule has 2 aromatic carbocycles. The van der Waals surface area contributed by atoms with Crippen molar-refractivity contribution in [1.82, 2.24) is 5.32 Å². The number of rotatable bonds is 6. The average molecular weight is 273 g/mol. The van der Waals surface area contributed by atoms with E-state index in [2.05, 4.69) is 48.0 Å². The highest BCUT2D eigenvalue weighted by Crippen LogP contribution is 2.17. The van der Waals surface area contributed by atoms with Gasteiger partial charge < -0.3 is 10.1 Å². The van der Waals surface area contributed by atoms with Crippen LogP contribution in [0.25, 0.3) is 0 Å². The van der Waals surface area contributed by atoms with Crippen molar-refractivity contribution < 1.29 is 4.74 Å². The second kappa shape index (κ2) is 7.22. The Labute approximate surface area is 119 Å². The molecule has 0 aliphatic carbocycles. The first-order chi connectivity index (χ1) is 9.31. The third-order valence-electron chi connectivity index (χ3n) is 2.87. The van der Waals surface area contributed by atoms with E-state index in [0.29, 0.717) is 6.61 Å². The average Bonchev–Trinajstić information content (AvgIpc) is 2.47. The smallest absolute Gasteiger partial charge is 0.119 e. The van der Waals surface area contributed by atoms with Crippen molar-refractivity contribution in [3.05, 3.63) is 59.7 Å². The van der Waals surface area contributed by atoms with Crippen molar-refractivity contribution in [2.45, 2.75) is 18.0 Å². The lowest BCUT2D eigenvalue weighted by molar-refractivity contribution is 0.306. The van der Waals surface area contributed by atoms with Gasteiger partial charge in [0.05, 0.1) is 0 Å². The fourth-order valence-corrected chi connectivity index (χ4v) is 2.20. The van der Waals surface area contributed by atoms with Gasteiger partial charge in [-0.15, -0.1) is 11.8 Å². The number of ether oxygens (including phenoxy) is 1. The van der Waals surface area contributed by atoms with Crippen LogP contribution in [0.3, 0.4) is 0 Å². The number of hydrogen-bond acceptors (Lipinski definition) is 3. The number of nitrogens with one attached hydrogen (secondary N) is 1. The molecule has 19 heavy (non-hydrogen) atoms. The molecule has 0 radical (unpaired) electrons. The van der Waals surface area contributed by atoms with Crippen LogP contribution in [-0.2, 0) is 13.2 Å². The standard InChI is InChI=1S/C16H19NOS/c1-17-11-13-3-7-15(8-4-13)18-12-14-5-9-16(19-2)10-6-14/h3-10,17H,11-12H2,1-2H3. The molecule has 2 aromatic rings. The zero-order valence-corrected chi connectivity index (χ0v) is 12.2. The van der Waals surface area contributed by atoms with Crippen LogP contribution in [0, 0.1) is 0 Å². The van der Waals surface area contributed by atoms with Crippen LogP contribution in [0.1, 0.15) is 11.1 Å². The minimum Gasteiger partial charge on any atom is -0.489 e. The Morgan fingerprint density at radius 3 is 2.16 bits per heavy atom. The van der Waals surface area contributed by atoms with E-state index >= 15 is 0 Å². The summed E-state index contributed by atoms with van der Waals surface area (Å²) < 4.78 is 5.77. The first-order valence-corrected chi connectivity index (χ1v) is 7.53. The zero-order chi connectivity index (χ0) is 13.5. The van der Waals surface area contributed by atoms with Crippen molar-refractivity contribution in [3.8, 4) is 5.75 Å². The summed E-state index contributed by atoms with van der Waals surface area (Å²) in [7, 11) is 1.95. The fraction of sp³-hybridized carbons (Fsp3) is 0.250. The van der Waals surface area contributed by atoms with E-state index in [1.165, 1.54) is 16.0 Å². The van der Waals surface area contributed by atoms with Crippen molar-refractivity contribution >= 4 is 11.8 Å². The molecule has 0 saturated carbocycles. The van der Waals surface area contributed by atoms with Crippen molar-refractivity contribution in [2.24, 2.45) is 0 Å². The molecule has 0 bridgehead atoms. The monoisotopic (exact) mass is 273 g/mol. The van der Waals surface area contributed by atoms with E-state index in [4.69, 9.17) is 4.74 Å². The molecule has 0 unspecified atom stereocenters. The molecule has 0 amide bonds. The molecule has 3 heteroatoms. The Morgan fingerprint density at radius 1 is 0.947 bits per heavy atom. The topological polar surface area (TPSA) is 21.3 Å². The summed E-state index contributed by atoms with van der Waals surface area (Å²) >= 11 is 1.75. The van der Waals surface area contributed by atoms with Crippen LogP contribution in [0.2, 0.25) is 0 Å². The second-order valence-corrected chi connectivity index (χ2v) is 5.19. The molecule has 0 aromatic heterocycles. The lowest BCUT2D eigenvalue weighted by atomic mass is 10.2. The van der Waals surface area contributed by atoms with E-state index < -0.39 is 0 Å². The molecule has 0 saturated heterocycles. The highest BCUT2D eigenvalue weighted by molar-refractivity contribution is 7.98. The maximum atomic E-state index is 5.77. The van der Waals surface area contributed by atoms with Gasteiger partial charge in [0.2, 0.25) is 0 Å². The molecule has 1 N–H and O–H groups in total. The summed E-state index contributed by atoms with van der Waals surface area (Å²) in [5.74, 6) is 0.911. The molecule has 2 nitrogen and oxygen atoms in total. The first-order valence-electron chi connectivity index (χ1n) is 6.31. The summed E-state index contributed by atoms with van der Waals surface area (Å²) in [5.41, 5.74) is 2.45. The molecule has 0 fully saturated rings. The van der Waals surface area contributed by atoms with Crippen LogP contribution >= 0.6 is 11.8 Å². The molecular weight excluding hydrogens is 254 g/mol. The number of thioether (sulfide) groups is 1. The van der Waals surface area contributed by atoms with Gasteiger partial charge in [0, 0.05) is 11.4 Å². The minimum absolute atomic E-state index is 0.611. The summed E-state index contributed by atoms with van der Waals surface area (Å²) in [5, 5.41) is 3.13. The highest BCUT2D eigenvalue weighted by Gasteiger charge is 1.97. The predicted octanol–water partition coefficient (Wildman–Crippen LogP) is 3.71. The Balaban J connectivity index is 1.90. The van der Waals surface area contributed by atoms with E-state index in [9.17, 15) is 0 Å². The molecule has 0 aliphatic heterocycles. The number of hydrogen-bond donors (Lipinski definition) is 1. The maximum Gasteiger partial charge on any atom is 0.119 e. The summed E-state index contributed by atoms with van der Waals surface area (Å²) in [6, 6.07) is 16.7. The van der Waals surface area contributed by atoms with Crippen molar-refractivity contribution in [1.29, 1.82) is 0 Å². The van der Waals surface area contributed by atoms with Crippen LogP contribution < -0.4 is 10.1 Å². The summed E-state index contributed by atoms with van der Waals surface area (Å²) in [4.78, 5) is 1.28. The Morgan fingerprint density at radius 2 is 1.58 bits per heavy atom. The normalized spacial score (nSPS) is 10.4. The molecule has 0 spiro atoms. The van der Waals surface area contributed by atoms with Gasteiger partial charge in [-0.05, 0) is 48.7 Å². The van der Waals surface area contributed by atoms with Crippen LogP contribution in [0.4, 0.5) is 0 Å². The van der Waals surface area contributed by atoms with Gasteiger partial charge in [0.1, 0.15) is 12.4 Å². The third kappa shape index (κ3) is 4.30. The van der Waals surface area contributed by atoms with Crippen LogP contribution in [-0.4, -0.2) is 13.3 Å². The summed E-state index contributed by atoms with van der Waals surface area (Å²) in [6.07, 6.45) is 2.08.